The van der Waals surface area contributed by atoms with E-state index in [0.29, 0.717) is 22.1 Å². The fourth-order valence-corrected chi connectivity index (χ4v) is 2.91. The van der Waals surface area contributed by atoms with E-state index < -0.39 is 4.92 Å². The molecule has 0 saturated heterocycles. The molecule has 0 atom stereocenters. The Balaban J connectivity index is 1.70. The summed E-state index contributed by atoms with van der Waals surface area (Å²) in [6.45, 7) is 1.84. The second-order valence-corrected chi connectivity index (χ2v) is 5.92. The zero-order chi connectivity index (χ0) is 17.1. The number of furan rings is 1. The average molecular weight is 343 g/mol. The van der Waals surface area contributed by atoms with E-state index in [4.69, 9.17) is 4.42 Å². The quantitative estimate of drug-likeness (QED) is 0.561. The van der Waals surface area contributed by atoms with Crippen LogP contribution in [0.2, 0.25) is 0 Å². The SMILES string of the molecule is Cc1ccc(-c2csc(NC(=O)Cc3ccccc3[N+](=O)[O-])n2)o1. The van der Waals surface area contributed by atoms with Gasteiger partial charge in [0.25, 0.3) is 5.69 Å². The molecule has 7 nitrogen and oxygen atoms in total. The Morgan fingerprint density at radius 1 is 1.33 bits per heavy atom. The van der Waals surface area contributed by atoms with Crippen LogP contribution in [0.3, 0.4) is 0 Å². The van der Waals surface area contributed by atoms with Crippen LogP contribution < -0.4 is 5.32 Å². The smallest absolute Gasteiger partial charge is 0.273 e. The number of carbonyl (C=O) groups excluding carboxylic acids is 1. The van der Waals surface area contributed by atoms with Crippen LogP contribution in [0, 0.1) is 17.0 Å². The Kier molecular flexibility index (Phi) is 4.39. The molecule has 1 amide bonds. The predicted octanol–water partition coefficient (Wildman–Crippen LogP) is 3.80. The van der Waals surface area contributed by atoms with Crippen molar-refractivity contribution >= 4 is 28.1 Å². The van der Waals surface area contributed by atoms with E-state index >= 15 is 0 Å². The maximum absolute atomic E-state index is 12.1. The first-order valence-corrected chi connectivity index (χ1v) is 7.95. The summed E-state index contributed by atoms with van der Waals surface area (Å²) in [6.07, 6.45) is -0.0913. The number of aromatic nitrogens is 1. The van der Waals surface area contributed by atoms with Gasteiger partial charge in [0.15, 0.2) is 10.9 Å². The van der Waals surface area contributed by atoms with Gasteiger partial charge in [-0.2, -0.15) is 0 Å². The van der Waals surface area contributed by atoms with Crippen LogP contribution in [0.15, 0.2) is 46.2 Å². The number of carbonyl (C=O) groups is 1. The summed E-state index contributed by atoms with van der Waals surface area (Å²) in [5, 5.41) is 15.8. The largest absolute Gasteiger partial charge is 0.460 e. The predicted molar refractivity (Wildman–Crippen MR) is 90.0 cm³/mol. The molecule has 0 radical (unpaired) electrons. The summed E-state index contributed by atoms with van der Waals surface area (Å²) in [6, 6.07) is 9.82. The number of thiazole rings is 1. The van der Waals surface area contributed by atoms with Crippen LogP contribution in [0.25, 0.3) is 11.5 Å². The number of nitro benzene ring substituents is 1. The van der Waals surface area contributed by atoms with E-state index in [9.17, 15) is 14.9 Å². The molecule has 0 unspecified atom stereocenters. The minimum absolute atomic E-state index is 0.0708. The van der Waals surface area contributed by atoms with Crippen LogP contribution in [0.4, 0.5) is 10.8 Å². The highest BCUT2D eigenvalue weighted by Gasteiger charge is 2.16. The molecule has 122 valence electrons. The van der Waals surface area contributed by atoms with Crippen LogP contribution in [0.5, 0.6) is 0 Å². The van der Waals surface area contributed by atoms with Gasteiger partial charge < -0.3 is 9.73 Å². The van der Waals surface area contributed by atoms with Gasteiger partial charge in [0.2, 0.25) is 5.91 Å². The van der Waals surface area contributed by atoms with E-state index in [-0.39, 0.29) is 18.0 Å². The second-order valence-electron chi connectivity index (χ2n) is 5.06. The third-order valence-corrected chi connectivity index (χ3v) is 4.04. The van der Waals surface area contributed by atoms with Crippen molar-refractivity contribution in [3.63, 3.8) is 0 Å². The molecule has 3 aromatic rings. The molecular formula is C16H13N3O4S. The van der Waals surface area contributed by atoms with Crippen molar-refractivity contribution in [3.8, 4) is 11.5 Å². The summed E-state index contributed by atoms with van der Waals surface area (Å²) >= 11 is 1.27. The Bertz CT molecular complexity index is 900. The number of amides is 1. The Morgan fingerprint density at radius 2 is 2.12 bits per heavy atom. The zero-order valence-corrected chi connectivity index (χ0v) is 13.5. The number of nitrogens with zero attached hydrogens (tertiary/aromatic N) is 2. The second kappa shape index (κ2) is 6.63. The summed E-state index contributed by atoms with van der Waals surface area (Å²) in [5.41, 5.74) is 0.922. The highest BCUT2D eigenvalue weighted by atomic mass is 32.1. The molecule has 2 heterocycles. The Hall–Kier alpha value is -3.00. The Labute approximate surface area is 141 Å². The topological polar surface area (TPSA) is 98.3 Å². The number of benzene rings is 1. The third kappa shape index (κ3) is 3.49. The number of para-hydroxylation sites is 1. The van der Waals surface area contributed by atoms with E-state index in [2.05, 4.69) is 10.3 Å². The lowest BCUT2D eigenvalue weighted by Gasteiger charge is -2.03. The fraction of sp³-hybridized carbons (Fsp3) is 0.125. The maximum Gasteiger partial charge on any atom is 0.273 e. The van der Waals surface area contributed by atoms with Crippen molar-refractivity contribution in [2.24, 2.45) is 0 Å². The van der Waals surface area contributed by atoms with Gasteiger partial charge in [0.05, 0.1) is 11.3 Å². The molecule has 0 aliphatic rings. The third-order valence-electron chi connectivity index (χ3n) is 3.28. The number of rotatable bonds is 5. The average Bonchev–Trinajstić information content (AvgIpc) is 3.16. The number of nitro groups is 1. The fourth-order valence-electron chi connectivity index (χ4n) is 2.19. The highest BCUT2D eigenvalue weighted by Crippen LogP contribution is 2.26. The van der Waals surface area contributed by atoms with Crippen molar-refractivity contribution < 1.29 is 14.1 Å². The summed E-state index contributed by atoms with van der Waals surface area (Å²) in [5.74, 6) is 1.05. The van der Waals surface area contributed by atoms with Crippen molar-refractivity contribution in [3.05, 3.63) is 63.2 Å². The van der Waals surface area contributed by atoms with Crippen molar-refractivity contribution in [2.45, 2.75) is 13.3 Å². The monoisotopic (exact) mass is 343 g/mol. The van der Waals surface area contributed by atoms with Crippen molar-refractivity contribution in [1.29, 1.82) is 0 Å². The number of aryl methyl sites for hydroxylation is 1. The van der Waals surface area contributed by atoms with Crippen LogP contribution >= 0.6 is 11.3 Å². The Morgan fingerprint density at radius 3 is 2.83 bits per heavy atom. The van der Waals surface area contributed by atoms with Gasteiger partial charge in [0, 0.05) is 17.0 Å². The number of hydrogen-bond donors (Lipinski definition) is 1. The van der Waals surface area contributed by atoms with E-state index in [1.165, 1.54) is 17.4 Å². The van der Waals surface area contributed by atoms with Gasteiger partial charge in [-0.3, -0.25) is 14.9 Å². The lowest BCUT2D eigenvalue weighted by atomic mass is 10.1. The van der Waals surface area contributed by atoms with E-state index in [1.54, 1.807) is 23.6 Å². The maximum atomic E-state index is 12.1. The first kappa shape index (κ1) is 15.9. The van der Waals surface area contributed by atoms with Crippen molar-refractivity contribution in [2.75, 3.05) is 5.32 Å². The molecule has 24 heavy (non-hydrogen) atoms. The van der Waals surface area contributed by atoms with Gasteiger partial charge in [0.1, 0.15) is 11.5 Å². The molecule has 0 spiro atoms. The number of anilines is 1. The molecule has 0 saturated carbocycles. The molecule has 0 aliphatic heterocycles. The molecule has 0 aliphatic carbocycles. The molecule has 2 aromatic heterocycles. The number of hydrogen-bond acceptors (Lipinski definition) is 6. The van der Waals surface area contributed by atoms with Crippen LogP contribution in [-0.4, -0.2) is 15.8 Å². The standard InChI is InChI=1S/C16H13N3O4S/c1-10-6-7-14(23-10)12-9-24-16(17-12)18-15(20)8-11-4-2-3-5-13(11)19(21)22/h2-7,9H,8H2,1H3,(H,17,18,20). The van der Waals surface area contributed by atoms with Crippen molar-refractivity contribution in [1.82, 2.24) is 4.98 Å². The molecule has 8 heteroatoms. The molecule has 1 aromatic carbocycles. The minimum atomic E-state index is -0.497. The first-order chi connectivity index (χ1) is 11.5. The molecule has 3 rings (SSSR count). The lowest BCUT2D eigenvalue weighted by molar-refractivity contribution is -0.385. The number of nitrogens with one attached hydrogen (secondary N) is 1. The van der Waals surface area contributed by atoms with Crippen LogP contribution in [-0.2, 0) is 11.2 Å². The van der Waals surface area contributed by atoms with Gasteiger partial charge >= 0.3 is 0 Å². The summed E-state index contributed by atoms with van der Waals surface area (Å²) in [7, 11) is 0. The lowest BCUT2D eigenvalue weighted by Crippen LogP contribution is -2.15. The molecular weight excluding hydrogens is 330 g/mol. The first-order valence-electron chi connectivity index (χ1n) is 7.07. The zero-order valence-electron chi connectivity index (χ0n) is 12.7. The summed E-state index contributed by atoms with van der Waals surface area (Å²) in [4.78, 5) is 26.9. The highest BCUT2D eigenvalue weighted by molar-refractivity contribution is 7.14. The molecule has 1 N–H and O–H groups in total. The van der Waals surface area contributed by atoms with Gasteiger partial charge in [-0.1, -0.05) is 18.2 Å². The van der Waals surface area contributed by atoms with Gasteiger partial charge in [-0.05, 0) is 19.1 Å². The molecule has 0 fully saturated rings. The van der Waals surface area contributed by atoms with E-state index in [0.717, 1.165) is 5.76 Å². The van der Waals surface area contributed by atoms with E-state index in [1.807, 2.05) is 19.1 Å². The van der Waals surface area contributed by atoms with Gasteiger partial charge in [-0.15, -0.1) is 11.3 Å². The van der Waals surface area contributed by atoms with Crippen LogP contribution in [0.1, 0.15) is 11.3 Å². The molecule has 0 bridgehead atoms. The normalized spacial score (nSPS) is 10.5. The summed E-state index contributed by atoms with van der Waals surface area (Å²) < 4.78 is 5.48. The van der Waals surface area contributed by atoms with Gasteiger partial charge in [-0.25, -0.2) is 4.98 Å². The minimum Gasteiger partial charge on any atom is -0.460 e.